The second-order valence-corrected chi connectivity index (χ2v) is 2.98. The monoisotopic (exact) mass is 194 g/mol. The third kappa shape index (κ3) is 155. The molecule has 0 atom stereocenters. The number of hydrogen-bond donors (Lipinski definition) is 0. The van der Waals surface area contributed by atoms with Gasteiger partial charge in [0, 0.05) is 4.31 Å². The van der Waals surface area contributed by atoms with Crippen LogP contribution in [0.1, 0.15) is 0 Å². The third-order valence-electron chi connectivity index (χ3n) is 0. The van der Waals surface area contributed by atoms with Gasteiger partial charge in [0.2, 0.25) is 0 Å². The Morgan fingerprint density at radius 3 is 1.14 bits per heavy atom. The minimum Gasteiger partial charge on any atom is -0.0874 e. The molecule has 0 aromatic heterocycles. The summed E-state index contributed by atoms with van der Waals surface area (Å²) in [4.78, 5) is 0. The van der Waals surface area contributed by atoms with E-state index in [1.54, 1.807) is 0 Å². The van der Waals surface area contributed by atoms with Gasteiger partial charge < -0.3 is 0 Å². The molecule has 0 aliphatic rings. The SMILES string of the molecule is ClC(Cl)Cl.S=C=S. The van der Waals surface area contributed by atoms with Gasteiger partial charge in [-0.25, -0.2) is 0 Å². The Bertz CT molecular complexity index is 53.2. The van der Waals surface area contributed by atoms with Crippen LogP contribution in [0.2, 0.25) is 0 Å². The molecule has 0 bridgehead atoms. The summed E-state index contributed by atoms with van der Waals surface area (Å²) >= 11 is 22.3. The number of thiocarbonyl (C=S) groups is 2. The molecule has 0 spiro atoms. The van der Waals surface area contributed by atoms with Crippen LogP contribution < -0.4 is 0 Å². The fraction of sp³-hybridized carbons (Fsp3) is 0.500. The highest BCUT2D eigenvalue weighted by molar-refractivity contribution is 7.93. The predicted octanol–water partition coefficient (Wildman–Crippen LogP) is 3.00. The van der Waals surface area contributed by atoms with Crippen molar-refractivity contribution < 1.29 is 0 Å². The van der Waals surface area contributed by atoms with Crippen molar-refractivity contribution in [2.75, 3.05) is 0 Å². The summed E-state index contributed by atoms with van der Waals surface area (Å²) in [5.74, 6) is 0. The molecule has 0 saturated carbocycles. The largest absolute Gasteiger partial charge is 0.180 e. The standard InChI is InChI=1S/CHCl3.CS2/c2-1(3)4;2-1-3/h1H;. The van der Waals surface area contributed by atoms with E-state index in [9.17, 15) is 0 Å². The Labute approximate surface area is 67.7 Å². The molecule has 0 N–H and O–H groups in total. The fourth-order valence-electron chi connectivity index (χ4n) is 0. The molecule has 0 amide bonds. The van der Waals surface area contributed by atoms with E-state index >= 15 is 0 Å². The van der Waals surface area contributed by atoms with Crippen LogP contribution in [0.25, 0.3) is 0 Å². The molecule has 0 aromatic rings. The van der Waals surface area contributed by atoms with Gasteiger partial charge in [-0.15, -0.1) is 0 Å². The Kier molecular flexibility index (Phi) is 15.9. The summed E-state index contributed by atoms with van der Waals surface area (Å²) in [5.41, 5.74) is 0. The van der Waals surface area contributed by atoms with Crippen molar-refractivity contribution in [1.82, 2.24) is 0 Å². The van der Waals surface area contributed by atoms with Crippen molar-refractivity contribution in [1.29, 1.82) is 0 Å². The van der Waals surface area contributed by atoms with E-state index in [1.165, 1.54) is 0 Å². The second kappa shape index (κ2) is 10.1. The van der Waals surface area contributed by atoms with Crippen LogP contribution in [0, 0.1) is 0 Å². The van der Waals surface area contributed by atoms with Crippen LogP contribution in [0.15, 0.2) is 0 Å². The lowest BCUT2D eigenvalue weighted by atomic mass is 11.9. The zero-order valence-corrected chi connectivity index (χ0v) is 6.93. The molecule has 5 heteroatoms. The van der Waals surface area contributed by atoms with E-state index in [1.807, 2.05) is 4.31 Å². The quantitative estimate of drug-likeness (QED) is 0.431. The Morgan fingerprint density at radius 1 is 1.14 bits per heavy atom. The first kappa shape index (κ1) is 11.0. The molecule has 0 heterocycles. The van der Waals surface area contributed by atoms with Crippen LogP contribution in [-0.4, -0.2) is 8.61 Å². The summed E-state index contributed by atoms with van der Waals surface area (Å²) in [7, 11) is 0. The zero-order valence-electron chi connectivity index (χ0n) is 3.03. The second-order valence-electron chi connectivity index (χ2n) is 0.331. The molecule has 0 unspecified atom stereocenters. The van der Waals surface area contributed by atoms with Crippen LogP contribution in [-0.2, 0) is 0 Å². The van der Waals surface area contributed by atoms with Gasteiger partial charge in [-0.2, -0.15) is 0 Å². The Morgan fingerprint density at radius 2 is 1.14 bits per heavy atom. The van der Waals surface area contributed by atoms with Gasteiger partial charge in [0.25, 0.3) is 0 Å². The highest BCUT2D eigenvalue weighted by atomic mass is 35.6. The van der Waals surface area contributed by atoms with Crippen molar-refractivity contribution >= 4 is 63.6 Å². The van der Waals surface area contributed by atoms with E-state index < -0.39 is 4.30 Å². The van der Waals surface area contributed by atoms with E-state index in [2.05, 4.69) is 24.4 Å². The minimum absolute atomic E-state index is 0.750. The van der Waals surface area contributed by atoms with Crippen LogP contribution in [0.5, 0.6) is 0 Å². The van der Waals surface area contributed by atoms with E-state index in [0.717, 1.165) is 0 Å². The molecule has 0 radical (unpaired) electrons. The lowest BCUT2D eigenvalue weighted by molar-refractivity contribution is 1.96. The molecule has 0 aliphatic heterocycles. The van der Waals surface area contributed by atoms with E-state index in [4.69, 9.17) is 34.8 Å². The Hall–Kier alpha value is 1.09. The van der Waals surface area contributed by atoms with Crippen LogP contribution >= 0.6 is 59.2 Å². The first-order chi connectivity index (χ1) is 3.15. The van der Waals surface area contributed by atoms with Gasteiger partial charge in [0.05, 0.1) is 0 Å². The number of rotatable bonds is 0. The summed E-state index contributed by atoms with van der Waals surface area (Å²) < 4.78 is 1.17. The van der Waals surface area contributed by atoms with Gasteiger partial charge in [-0.05, 0) is 24.4 Å². The average Bonchev–Trinajstić information content (AvgIpc) is 1.33. The van der Waals surface area contributed by atoms with E-state index in [0.29, 0.717) is 0 Å². The highest BCUT2D eigenvalue weighted by Gasteiger charge is 1.78. The molecular weight excluding hydrogens is 195 g/mol. The predicted molar refractivity (Wildman–Crippen MR) is 41.5 cm³/mol. The third-order valence-corrected chi connectivity index (χ3v) is 0. The molecule has 0 aliphatic carbocycles. The van der Waals surface area contributed by atoms with Gasteiger partial charge in [-0.3, -0.25) is 0 Å². The summed E-state index contributed by atoms with van der Waals surface area (Å²) in [6.45, 7) is 0. The first-order valence-electron chi connectivity index (χ1n) is 1.06. The molecule has 0 aromatic carbocycles. The smallest absolute Gasteiger partial charge is 0.0874 e. The van der Waals surface area contributed by atoms with Crippen molar-refractivity contribution in [3.8, 4) is 0 Å². The molecule has 0 rings (SSSR count). The normalized spacial score (nSPS) is 6.29. The average molecular weight is 196 g/mol. The van der Waals surface area contributed by atoms with E-state index in [-0.39, 0.29) is 0 Å². The lowest BCUT2D eigenvalue weighted by Crippen LogP contribution is -1.55. The number of halogens is 3. The van der Waals surface area contributed by atoms with Gasteiger partial charge >= 0.3 is 0 Å². The minimum atomic E-state index is -0.750. The summed E-state index contributed by atoms with van der Waals surface area (Å²) in [6, 6.07) is 0. The topological polar surface area (TPSA) is 0 Å². The molecule has 0 nitrogen and oxygen atoms in total. The van der Waals surface area contributed by atoms with Crippen molar-refractivity contribution in [3.05, 3.63) is 0 Å². The van der Waals surface area contributed by atoms with Gasteiger partial charge in [0.15, 0.2) is 4.30 Å². The van der Waals surface area contributed by atoms with Gasteiger partial charge in [-0.1, -0.05) is 34.8 Å². The molecule has 0 saturated heterocycles. The molecule has 42 valence electrons. The maximum atomic E-state index is 4.81. The summed E-state index contributed by atoms with van der Waals surface area (Å²) in [5, 5.41) is 0. The molecule has 7 heavy (non-hydrogen) atoms. The lowest BCUT2D eigenvalue weighted by Gasteiger charge is -1.69. The number of hydrogen-bond acceptors (Lipinski definition) is 2. The summed E-state index contributed by atoms with van der Waals surface area (Å²) in [6.07, 6.45) is 0. The maximum absolute atomic E-state index is 4.81. The highest BCUT2D eigenvalue weighted by Crippen LogP contribution is 2.03. The van der Waals surface area contributed by atoms with Gasteiger partial charge in [0.1, 0.15) is 0 Å². The molecular formula is C2HCl3S2. The maximum Gasteiger partial charge on any atom is 0.180 e. The first-order valence-corrected chi connectivity index (χ1v) is 3.19. The molecule has 0 fully saturated rings. The van der Waals surface area contributed by atoms with Crippen molar-refractivity contribution in [3.63, 3.8) is 0 Å². The Balaban J connectivity index is 0. The number of alkyl halides is 3. The fourth-order valence-corrected chi connectivity index (χ4v) is 0. The van der Waals surface area contributed by atoms with Crippen molar-refractivity contribution in [2.24, 2.45) is 0 Å². The van der Waals surface area contributed by atoms with Crippen LogP contribution in [0.4, 0.5) is 0 Å². The zero-order chi connectivity index (χ0) is 6.28. The van der Waals surface area contributed by atoms with Crippen molar-refractivity contribution in [2.45, 2.75) is 4.30 Å². The van der Waals surface area contributed by atoms with Crippen LogP contribution in [0.3, 0.4) is 0 Å².